The first-order valence-electron chi connectivity index (χ1n) is 9.66. The standard InChI is InChI=1S/C21H28N4O4S/c1-5-9-17(30-6-2)19(26)24-21-23-15-12-14(20(27)29-4)13-16(28-3)18(15)25(21)11-8-7-10-22/h7-9,12-13H,5-6,10-11,22H2,1-4H3,(H,23,24,26)/b8-7+,17-9+. The number of carbonyl (C=O) groups is 2. The summed E-state index contributed by atoms with van der Waals surface area (Å²) in [5.41, 5.74) is 7.05. The van der Waals surface area contributed by atoms with Gasteiger partial charge >= 0.3 is 5.97 Å². The van der Waals surface area contributed by atoms with Gasteiger partial charge in [-0.15, -0.1) is 11.8 Å². The zero-order valence-corrected chi connectivity index (χ0v) is 18.5. The summed E-state index contributed by atoms with van der Waals surface area (Å²) < 4.78 is 12.1. The molecule has 2 rings (SSSR count). The second-order valence-electron chi connectivity index (χ2n) is 6.15. The van der Waals surface area contributed by atoms with Gasteiger partial charge in [0.15, 0.2) is 0 Å². The number of imidazole rings is 1. The molecule has 0 spiro atoms. The zero-order valence-electron chi connectivity index (χ0n) is 17.7. The number of anilines is 1. The maximum absolute atomic E-state index is 12.8. The minimum Gasteiger partial charge on any atom is -0.494 e. The van der Waals surface area contributed by atoms with Crippen LogP contribution >= 0.6 is 11.8 Å². The topological polar surface area (TPSA) is 108 Å². The van der Waals surface area contributed by atoms with Crippen molar-refractivity contribution in [3.8, 4) is 5.75 Å². The van der Waals surface area contributed by atoms with Crippen LogP contribution in [-0.2, 0) is 16.1 Å². The van der Waals surface area contributed by atoms with Crippen LogP contribution in [0.15, 0.2) is 35.3 Å². The third-order valence-corrected chi connectivity index (χ3v) is 5.13. The largest absolute Gasteiger partial charge is 0.494 e. The molecule has 0 saturated heterocycles. The number of methoxy groups -OCH3 is 2. The number of ether oxygens (including phenoxy) is 2. The van der Waals surface area contributed by atoms with E-state index in [2.05, 4.69) is 10.3 Å². The molecule has 30 heavy (non-hydrogen) atoms. The number of carbonyl (C=O) groups excluding carboxylic acids is 2. The number of fused-ring (bicyclic) bond motifs is 1. The molecule has 0 saturated carbocycles. The summed E-state index contributed by atoms with van der Waals surface area (Å²) in [6.07, 6.45) is 6.35. The number of benzene rings is 1. The van der Waals surface area contributed by atoms with E-state index in [1.54, 1.807) is 12.1 Å². The minimum atomic E-state index is -0.495. The van der Waals surface area contributed by atoms with Gasteiger partial charge in [0.1, 0.15) is 11.3 Å². The number of nitrogens with one attached hydrogen (secondary N) is 1. The minimum absolute atomic E-state index is 0.227. The lowest BCUT2D eigenvalue weighted by molar-refractivity contribution is -0.112. The fraction of sp³-hybridized carbons (Fsp3) is 0.381. The van der Waals surface area contributed by atoms with E-state index in [4.69, 9.17) is 15.2 Å². The molecule has 1 aromatic carbocycles. The average molecular weight is 433 g/mol. The number of amides is 1. The maximum Gasteiger partial charge on any atom is 0.338 e. The van der Waals surface area contributed by atoms with Crippen LogP contribution in [0, 0.1) is 0 Å². The lowest BCUT2D eigenvalue weighted by Crippen LogP contribution is -2.17. The second-order valence-corrected chi connectivity index (χ2v) is 7.46. The molecule has 1 amide bonds. The molecule has 3 N–H and O–H groups in total. The molecular formula is C21H28N4O4S. The van der Waals surface area contributed by atoms with E-state index in [1.807, 2.05) is 36.6 Å². The van der Waals surface area contributed by atoms with Crippen molar-refractivity contribution in [1.29, 1.82) is 0 Å². The number of esters is 1. The third kappa shape index (κ3) is 5.43. The molecule has 0 bridgehead atoms. The Morgan fingerprint density at radius 2 is 2.03 bits per heavy atom. The molecule has 0 radical (unpaired) electrons. The number of hydrogen-bond donors (Lipinski definition) is 2. The Morgan fingerprint density at radius 1 is 1.27 bits per heavy atom. The van der Waals surface area contributed by atoms with Crippen LogP contribution < -0.4 is 15.8 Å². The molecule has 0 aliphatic carbocycles. The highest BCUT2D eigenvalue weighted by atomic mass is 32.2. The fourth-order valence-corrected chi connectivity index (χ4v) is 3.67. The SMILES string of the molecule is CC/C=C(/SCC)C(=O)Nc1nc2cc(C(=O)OC)cc(OC)c2n1C/C=C/CN. The van der Waals surface area contributed by atoms with Gasteiger partial charge in [0, 0.05) is 13.1 Å². The van der Waals surface area contributed by atoms with E-state index in [-0.39, 0.29) is 5.91 Å². The van der Waals surface area contributed by atoms with Gasteiger partial charge in [-0.2, -0.15) is 0 Å². The molecular weight excluding hydrogens is 404 g/mol. The highest BCUT2D eigenvalue weighted by Crippen LogP contribution is 2.31. The molecule has 1 aromatic heterocycles. The second kappa shape index (κ2) is 11.4. The summed E-state index contributed by atoms with van der Waals surface area (Å²) in [5.74, 6) is 0.872. The lowest BCUT2D eigenvalue weighted by Gasteiger charge is -2.11. The monoisotopic (exact) mass is 432 g/mol. The maximum atomic E-state index is 12.8. The summed E-state index contributed by atoms with van der Waals surface area (Å²) in [4.78, 5) is 30.1. The number of allylic oxidation sites excluding steroid dienone is 2. The van der Waals surface area contributed by atoms with Gasteiger partial charge in [-0.25, -0.2) is 9.78 Å². The molecule has 8 nitrogen and oxygen atoms in total. The number of thioether (sulfide) groups is 1. The summed E-state index contributed by atoms with van der Waals surface area (Å²) in [7, 11) is 2.83. The van der Waals surface area contributed by atoms with E-state index in [0.717, 1.165) is 12.2 Å². The number of hydrogen-bond acceptors (Lipinski definition) is 7. The van der Waals surface area contributed by atoms with Gasteiger partial charge in [0.2, 0.25) is 5.95 Å². The first-order valence-corrected chi connectivity index (χ1v) is 10.6. The van der Waals surface area contributed by atoms with Gasteiger partial charge in [-0.1, -0.05) is 32.1 Å². The van der Waals surface area contributed by atoms with Crippen molar-refractivity contribution in [2.45, 2.75) is 26.8 Å². The Hall–Kier alpha value is -2.78. The summed E-state index contributed by atoms with van der Waals surface area (Å²) >= 11 is 1.48. The Kier molecular flexibility index (Phi) is 8.94. The molecule has 0 atom stereocenters. The van der Waals surface area contributed by atoms with E-state index < -0.39 is 5.97 Å². The molecule has 0 aliphatic heterocycles. The molecule has 162 valence electrons. The van der Waals surface area contributed by atoms with E-state index in [1.165, 1.54) is 26.0 Å². The Labute approximate surface area is 180 Å². The first-order chi connectivity index (χ1) is 14.5. The normalized spacial score (nSPS) is 11.8. The molecule has 2 aromatic rings. The highest BCUT2D eigenvalue weighted by Gasteiger charge is 2.20. The molecule has 0 fully saturated rings. The van der Waals surface area contributed by atoms with Crippen molar-refractivity contribution >= 4 is 40.6 Å². The Balaban J connectivity index is 2.59. The van der Waals surface area contributed by atoms with Gasteiger partial charge < -0.3 is 19.8 Å². The lowest BCUT2D eigenvalue weighted by atomic mass is 10.2. The van der Waals surface area contributed by atoms with Crippen LogP contribution in [0.2, 0.25) is 0 Å². The number of rotatable bonds is 10. The number of nitrogens with zero attached hydrogens (tertiary/aromatic N) is 2. The van der Waals surface area contributed by atoms with Crippen molar-refractivity contribution in [2.75, 3.05) is 31.8 Å². The van der Waals surface area contributed by atoms with Crippen LogP contribution in [0.4, 0.5) is 5.95 Å². The molecule has 0 unspecified atom stereocenters. The van der Waals surface area contributed by atoms with Gasteiger partial charge in [-0.3, -0.25) is 10.1 Å². The van der Waals surface area contributed by atoms with Gasteiger partial charge in [0.25, 0.3) is 5.91 Å². The van der Waals surface area contributed by atoms with Crippen LogP contribution in [0.25, 0.3) is 11.0 Å². The van der Waals surface area contributed by atoms with Crippen LogP contribution in [0.1, 0.15) is 30.6 Å². The van der Waals surface area contributed by atoms with Crippen molar-refractivity contribution < 1.29 is 19.1 Å². The number of nitrogens with two attached hydrogens (primary N) is 1. The average Bonchev–Trinajstić information content (AvgIpc) is 3.09. The van der Waals surface area contributed by atoms with Gasteiger partial charge in [0.05, 0.1) is 30.2 Å². The van der Waals surface area contributed by atoms with Crippen LogP contribution in [-0.4, -0.2) is 47.9 Å². The molecule has 9 heteroatoms. The zero-order chi connectivity index (χ0) is 22.1. The third-order valence-electron chi connectivity index (χ3n) is 4.18. The summed E-state index contributed by atoms with van der Waals surface area (Å²) in [6, 6.07) is 3.21. The first kappa shape index (κ1) is 23.5. The van der Waals surface area contributed by atoms with Crippen molar-refractivity contribution in [3.05, 3.63) is 40.8 Å². The number of aromatic nitrogens is 2. The van der Waals surface area contributed by atoms with E-state index in [0.29, 0.717) is 46.3 Å². The van der Waals surface area contributed by atoms with E-state index in [9.17, 15) is 9.59 Å². The van der Waals surface area contributed by atoms with E-state index >= 15 is 0 Å². The van der Waals surface area contributed by atoms with Crippen molar-refractivity contribution in [1.82, 2.24) is 9.55 Å². The van der Waals surface area contributed by atoms with Gasteiger partial charge in [-0.05, 0) is 24.3 Å². The van der Waals surface area contributed by atoms with Crippen LogP contribution in [0.3, 0.4) is 0 Å². The quantitative estimate of drug-likeness (QED) is 0.337. The molecule has 0 aliphatic rings. The predicted octanol–water partition coefficient (Wildman–Crippen LogP) is 3.33. The van der Waals surface area contributed by atoms with Crippen molar-refractivity contribution in [2.24, 2.45) is 5.73 Å². The van der Waals surface area contributed by atoms with Crippen LogP contribution in [0.5, 0.6) is 5.75 Å². The molecule has 1 heterocycles. The summed E-state index contributed by atoms with van der Waals surface area (Å²) in [6.45, 7) is 4.79. The Morgan fingerprint density at radius 3 is 2.63 bits per heavy atom. The van der Waals surface area contributed by atoms with Crippen molar-refractivity contribution in [3.63, 3.8) is 0 Å². The summed E-state index contributed by atoms with van der Waals surface area (Å²) in [5, 5.41) is 2.90. The highest BCUT2D eigenvalue weighted by molar-refractivity contribution is 8.03. The predicted molar refractivity (Wildman–Crippen MR) is 121 cm³/mol. The Bertz CT molecular complexity index is 966. The fourth-order valence-electron chi connectivity index (χ4n) is 2.89. The smallest absolute Gasteiger partial charge is 0.338 e.